The van der Waals surface area contributed by atoms with Crippen molar-refractivity contribution in [2.24, 2.45) is 0 Å². The highest BCUT2D eigenvalue weighted by Crippen LogP contribution is 2.31. The second-order valence-electron chi connectivity index (χ2n) is 9.35. The predicted molar refractivity (Wildman–Crippen MR) is 132 cm³/mol. The molecule has 0 radical (unpaired) electrons. The van der Waals surface area contributed by atoms with E-state index in [-0.39, 0.29) is 11.4 Å². The number of rotatable bonds is 10. The number of pyridine rings is 1. The molecule has 0 spiro atoms. The summed E-state index contributed by atoms with van der Waals surface area (Å²) in [6.45, 7) is 3.59. The number of amides is 1. The third kappa shape index (κ3) is 7.89. The number of nitrogens with zero attached hydrogens (tertiary/aromatic N) is 2. The highest BCUT2D eigenvalue weighted by atomic mass is 19.4. The Morgan fingerprint density at radius 3 is 2.36 bits per heavy atom. The van der Waals surface area contributed by atoms with Crippen molar-refractivity contribution in [1.82, 2.24) is 10.3 Å². The van der Waals surface area contributed by atoms with Crippen molar-refractivity contribution in [2.75, 3.05) is 6.86 Å². The molecule has 0 aliphatic heterocycles. The number of ether oxygens (including phenoxy) is 2. The summed E-state index contributed by atoms with van der Waals surface area (Å²) in [5, 5.41) is 12.1. The van der Waals surface area contributed by atoms with Gasteiger partial charge in [0.2, 0.25) is 12.7 Å². The van der Waals surface area contributed by atoms with Crippen LogP contribution in [0.15, 0.2) is 60.8 Å². The molecule has 1 aromatic heterocycles. The second kappa shape index (κ2) is 12.1. The Morgan fingerprint density at radius 1 is 1.10 bits per heavy atom. The van der Waals surface area contributed by atoms with Crippen LogP contribution in [0.3, 0.4) is 0 Å². The number of carbonyl (C=O) groups excluding carboxylic acids is 1. The van der Waals surface area contributed by atoms with Crippen LogP contribution in [-0.2, 0) is 17.4 Å². The molecule has 0 aliphatic carbocycles. The van der Waals surface area contributed by atoms with Crippen LogP contribution in [0.5, 0.6) is 11.6 Å². The van der Waals surface area contributed by atoms with E-state index in [2.05, 4.69) is 10.3 Å². The molecule has 0 fully saturated rings. The fraction of sp³-hybridized carbons (Fsp3) is 0.321. The van der Waals surface area contributed by atoms with Gasteiger partial charge in [0, 0.05) is 24.2 Å². The van der Waals surface area contributed by atoms with Gasteiger partial charge in [-0.2, -0.15) is 18.4 Å². The number of benzene rings is 2. The Hall–Kier alpha value is -4.20. The molecule has 11 heteroatoms. The van der Waals surface area contributed by atoms with E-state index in [0.29, 0.717) is 23.9 Å². The number of nitrogens with one attached hydrogen (secondary N) is 1. The highest BCUT2D eigenvalue weighted by molar-refractivity contribution is 5.85. The van der Waals surface area contributed by atoms with Gasteiger partial charge in [0.25, 0.3) is 5.91 Å². The Bertz CT molecular complexity index is 1320. The number of aromatic nitrogens is 1. The first-order valence-corrected chi connectivity index (χ1v) is 11.8. The first-order chi connectivity index (χ1) is 18.3. The van der Waals surface area contributed by atoms with Crippen LogP contribution in [0.25, 0.3) is 0 Å². The molecule has 2 aromatic carbocycles. The topological polar surface area (TPSA) is 84.2 Å². The smallest absolute Gasteiger partial charge is 0.417 e. The van der Waals surface area contributed by atoms with Gasteiger partial charge in [-0.15, -0.1) is 0 Å². The molecule has 6 nitrogen and oxygen atoms in total. The Labute approximate surface area is 222 Å². The number of carbonyl (C=O) groups is 1. The molecule has 2 atom stereocenters. The van der Waals surface area contributed by atoms with E-state index in [9.17, 15) is 32.0 Å². The lowest BCUT2D eigenvalue weighted by Gasteiger charge is -2.30. The van der Waals surface area contributed by atoms with E-state index in [1.54, 1.807) is 31.2 Å². The van der Waals surface area contributed by atoms with Gasteiger partial charge in [0.05, 0.1) is 17.2 Å². The molecule has 206 valence electrons. The average Bonchev–Trinajstić information content (AvgIpc) is 2.87. The molecule has 1 amide bonds. The Morgan fingerprint density at radius 2 is 1.79 bits per heavy atom. The van der Waals surface area contributed by atoms with E-state index < -0.39 is 47.9 Å². The SMILES string of the molecule is CC(NC(=O)C(C)(C)Oc1ccc(C(F)(F)F)cn1)C(Cc1ccc(OC[18F])cc1)c1cc(F)cc(C#N)c1. The Balaban J connectivity index is 1.82. The number of alkyl halides is 4. The maximum atomic E-state index is 14.3. The minimum atomic E-state index is -4.56. The molecule has 39 heavy (non-hydrogen) atoms. The molecule has 1 heterocycles. The van der Waals surface area contributed by atoms with Crippen molar-refractivity contribution in [2.45, 2.75) is 50.9 Å². The molecule has 0 bridgehead atoms. The summed E-state index contributed by atoms with van der Waals surface area (Å²) in [5.41, 5.74) is -1.13. The first-order valence-electron chi connectivity index (χ1n) is 11.8. The van der Waals surface area contributed by atoms with Crippen LogP contribution in [0, 0.1) is 17.1 Å². The molecule has 2 unspecified atom stereocenters. The molecule has 0 saturated heterocycles. The van der Waals surface area contributed by atoms with Crippen LogP contribution >= 0.6 is 0 Å². The molecule has 0 saturated carbocycles. The van der Waals surface area contributed by atoms with E-state index >= 15 is 0 Å². The molecule has 0 aliphatic rings. The number of hydrogen-bond acceptors (Lipinski definition) is 5. The summed E-state index contributed by atoms with van der Waals surface area (Å²) in [4.78, 5) is 16.8. The number of halogens is 5. The van der Waals surface area contributed by atoms with Crippen molar-refractivity contribution >= 4 is 5.91 Å². The van der Waals surface area contributed by atoms with Crippen molar-refractivity contribution in [3.63, 3.8) is 0 Å². The third-order valence-corrected chi connectivity index (χ3v) is 6.01. The van der Waals surface area contributed by atoms with Crippen LogP contribution in [0.1, 0.15) is 48.9 Å². The summed E-state index contributed by atoms with van der Waals surface area (Å²) in [6.07, 6.45) is -3.64. The van der Waals surface area contributed by atoms with Crippen molar-refractivity contribution in [3.05, 3.63) is 88.9 Å². The molecule has 3 aromatic rings. The van der Waals surface area contributed by atoms with Crippen molar-refractivity contribution < 1.29 is 36.2 Å². The first kappa shape index (κ1) is 29.4. The zero-order valence-corrected chi connectivity index (χ0v) is 21.4. The lowest BCUT2D eigenvalue weighted by molar-refractivity contribution is -0.138. The van der Waals surface area contributed by atoms with Gasteiger partial charge in [0.1, 0.15) is 11.6 Å². The lowest BCUT2D eigenvalue weighted by Crippen LogP contribution is -2.51. The number of hydrogen-bond donors (Lipinski definition) is 1. The van der Waals surface area contributed by atoms with Gasteiger partial charge < -0.3 is 14.8 Å². The summed E-state index contributed by atoms with van der Waals surface area (Å²) in [6, 6.07) is 13.6. The van der Waals surface area contributed by atoms with Gasteiger partial charge in [-0.25, -0.2) is 13.8 Å². The highest BCUT2D eigenvalue weighted by Gasteiger charge is 2.35. The average molecular weight is 547 g/mol. The quantitative estimate of drug-likeness (QED) is 0.311. The Kier molecular flexibility index (Phi) is 9.11. The fourth-order valence-corrected chi connectivity index (χ4v) is 3.91. The van der Waals surface area contributed by atoms with Crippen LogP contribution in [0.2, 0.25) is 0 Å². The summed E-state index contributed by atoms with van der Waals surface area (Å²) < 4.78 is 75.7. The van der Waals surface area contributed by atoms with Crippen LogP contribution in [-0.4, -0.2) is 29.4 Å². The van der Waals surface area contributed by atoms with E-state index in [1.165, 1.54) is 26.0 Å². The maximum Gasteiger partial charge on any atom is 0.417 e. The maximum absolute atomic E-state index is 14.3. The van der Waals surface area contributed by atoms with E-state index in [4.69, 9.17) is 9.47 Å². The minimum Gasteiger partial charge on any atom is -0.463 e. The van der Waals surface area contributed by atoms with Crippen LogP contribution < -0.4 is 14.8 Å². The third-order valence-electron chi connectivity index (χ3n) is 6.01. The summed E-state index contributed by atoms with van der Waals surface area (Å²) in [7, 11) is 0. The molecule has 3 rings (SSSR count). The predicted octanol–water partition coefficient (Wildman–Crippen LogP) is 6.11. The van der Waals surface area contributed by atoms with Crippen molar-refractivity contribution in [3.8, 4) is 17.7 Å². The molecular formula is C28H26F5N3O3. The lowest BCUT2D eigenvalue weighted by atomic mass is 9.85. The zero-order chi connectivity index (χ0) is 28.8. The number of nitriles is 1. The monoisotopic (exact) mass is 546 g/mol. The standard InChI is InChI=1S/C28H26F5N3O3/c1-17(36-26(37)27(2,3)39-25-9-6-21(15-35-25)28(31,32)33)24(20-10-19(14-34)11-22(30)13-20)12-18-4-7-23(8-5-18)38-16-29/h4-11,13,15,17,24H,12,16H2,1-3H3,(H,36,37)/i29-1. The minimum absolute atomic E-state index is 0.109. The largest absolute Gasteiger partial charge is 0.463 e. The van der Waals surface area contributed by atoms with E-state index in [0.717, 1.165) is 23.8 Å². The summed E-state index contributed by atoms with van der Waals surface area (Å²) >= 11 is 0. The molecule has 1 N–H and O–H groups in total. The molecular weight excluding hydrogens is 520 g/mol. The second-order valence-corrected chi connectivity index (χ2v) is 9.35. The van der Waals surface area contributed by atoms with Gasteiger partial charge in [-0.3, -0.25) is 4.79 Å². The zero-order valence-electron chi connectivity index (χ0n) is 21.4. The van der Waals surface area contributed by atoms with Crippen LogP contribution in [0.4, 0.5) is 22.0 Å². The normalized spacial score (nSPS) is 13.2. The fourth-order valence-electron chi connectivity index (χ4n) is 3.91. The van der Waals surface area contributed by atoms with Gasteiger partial charge >= 0.3 is 6.18 Å². The van der Waals surface area contributed by atoms with Gasteiger partial charge in [-0.05, 0) is 74.7 Å². The van der Waals surface area contributed by atoms with Crippen molar-refractivity contribution in [1.29, 1.82) is 5.26 Å². The summed E-state index contributed by atoms with van der Waals surface area (Å²) in [5.74, 6) is -1.56. The van der Waals surface area contributed by atoms with Gasteiger partial charge in [-0.1, -0.05) is 12.1 Å². The van der Waals surface area contributed by atoms with E-state index in [1.807, 2.05) is 6.07 Å². The van der Waals surface area contributed by atoms with Gasteiger partial charge in [0.15, 0.2) is 5.60 Å².